The van der Waals surface area contributed by atoms with Gasteiger partial charge in [-0.25, -0.2) is 9.97 Å². The van der Waals surface area contributed by atoms with Crippen LogP contribution in [0.3, 0.4) is 0 Å². The van der Waals surface area contributed by atoms with Gasteiger partial charge in [0.2, 0.25) is 0 Å². The summed E-state index contributed by atoms with van der Waals surface area (Å²) in [5.41, 5.74) is 3.38. The zero-order valence-corrected chi connectivity index (χ0v) is 12.0. The molecule has 0 atom stereocenters. The van der Waals surface area contributed by atoms with Crippen LogP contribution in [0.25, 0.3) is 0 Å². The van der Waals surface area contributed by atoms with Gasteiger partial charge in [0.1, 0.15) is 11.0 Å². The Hall–Kier alpha value is -1.41. The summed E-state index contributed by atoms with van der Waals surface area (Å²) in [7, 11) is 0. The van der Waals surface area contributed by atoms with Gasteiger partial charge in [-0.3, -0.25) is 0 Å². The van der Waals surface area contributed by atoms with Crippen LogP contribution in [0.5, 0.6) is 0 Å². The van der Waals surface area contributed by atoms with Crippen LogP contribution in [-0.4, -0.2) is 9.97 Å². The molecular weight excluding hydrogens is 256 g/mol. The molecule has 3 heteroatoms. The molecule has 19 heavy (non-hydrogen) atoms. The molecule has 1 aliphatic carbocycles. The molecule has 1 aromatic carbocycles. The van der Waals surface area contributed by atoms with E-state index in [1.807, 2.05) is 13.0 Å². The largest absolute Gasteiger partial charge is 0.237 e. The number of aromatic nitrogens is 2. The van der Waals surface area contributed by atoms with E-state index in [0.717, 1.165) is 36.3 Å². The number of hydrogen-bond acceptors (Lipinski definition) is 2. The molecule has 0 spiro atoms. The lowest BCUT2D eigenvalue weighted by molar-refractivity contribution is 0.736. The SMILES string of the molecule is CCc1nc(C2(c3ccccc3)CC2)nc(Cl)c1C. The van der Waals surface area contributed by atoms with Crippen molar-refractivity contribution in [2.45, 2.75) is 38.5 Å². The van der Waals surface area contributed by atoms with E-state index in [1.54, 1.807) is 0 Å². The van der Waals surface area contributed by atoms with Crippen molar-refractivity contribution in [2.24, 2.45) is 0 Å². The van der Waals surface area contributed by atoms with Crippen LogP contribution < -0.4 is 0 Å². The first-order valence-electron chi connectivity index (χ1n) is 6.76. The summed E-state index contributed by atoms with van der Waals surface area (Å²) in [6.45, 7) is 4.10. The molecule has 2 nitrogen and oxygen atoms in total. The summed E-state index contributed by atoms with van der Waals surface area (Å²) in [4.78, 5) is 9.31. The van der Waals surface area contributed by atoms with Crippen LogP contribution in [0.15, 0.2) is 30.3 Å². The van der Waals surface area contributed by atoms with E-state index in [1.165, 1.54) is 5.56 Å². The van der Waals surface area contributed by atoms with Crippen molar-refractivity contribution in [3.8, 4) is 0 Å². The minimum atomic E-state index is 0.00250. The third kappa shape index (κ3) is 2.04. The van der Waals surface area contributed by atoms with E-state index < -0.39 is 0 Å². The predicted octanol–water partition coefficient (Wildman–Crippen LogP) is 4.08. The normalized spacial score (nSPS) is 16.4. The molecule has 0 N–H and O–H groups in total. The highest BCUT2D eigenvalue weighted by atomic mass is 35.5. The molecule has 0 unspecified atom stereocenters. The summed E-state index contributed by atoms with van der Waals surface area (Å²) >= 11 is 6.27. The van der Waals surface area contributed by atoms with Gasteiger partial charge in [-0.15, -0.1) is 0 Å². The fraction of sp³-hybridized carbons (Fsp3) is 0.375. The van der Waals surface area contributed by atoms with E-state index in [-0.39, 0.29) is 5.41 Å². The Morgan fingerprint density at radius 1 is 1.16 bits per heavy atom. The number of halogens is 1. The summed E-state index contributed by atoms with van der Waals surface area (Å²) < 4.78 is 0. The molecular formula is C16H17ClN2. The molecule has 2 aromatic rings. The van der Waals surface area contributed by atoms with Crippen LogP contribution in [-0.2, 0) is 11.8 Å². The summed E-state index contributed by atoms with van der Waals surface area (Å²) in [5, 5.41) is 0.601. The lowest BCUT2D eigenvalue weighted by atomic mass is 9.95. The molecule has 0 aliphatic heterocycles. The molecule has 0 amide bonds. The maximum absolute atomic E-state index is 6.27. The van der Waals surface area contributed by atoms with Gasteiger partial charge < -0.3 is 0 Å². The molecule has 1 aliphatic rings. The molecule has 0 radical (unpaired) electrons. The second-order valence-electron chi connectivity index (χ2n) is 5.21. The second-order valence-corrected chi connectivity index (χ2v) is 5.57. The minimum Gasteiger partial charge on any atom is -0.237 e. The zero-order valence-electron chi connectivity index (χ0n) is 11.3. The van der Waals surface area contributed by atoms with Crippen LogP contribution in [0.4, 0.5) is 0 Å². The average molecular weight is 273 g/mol. The van der Waals surface area contributed by atoms with Crippen molar-refractivity contribution in [3.05, 3.63) is 58.1 Å². The van der Waals surface area contributed by atoms with Gasteiger partial charge in [-0.2, -0.15) is 0 Å². The Kier molecular flexibility index (Phi) is 3.06. The maximum atomic E-state index is 6.27. The number of hydrogen-bond donors (Lipinski definition) is 0. The Morgan fingerprint density at radius 2 is 1.84 bits per heavy atom. The van der Waals surface area contributed by atoms with Gasteiger partial charge in [0, 0.05) is 11.3 Å². The second kappa shape index (κ2) is 4.61. The van der Waals surface area contributed by atoms with Crippen molar-refractivity contribution in [3.63, 3.8) is 0 Å². The third-order valence-electron chi connectivity index (χ3n) is 4.03. The maximum Gasteiger partial charge on any atom is 0.140 e. The monoisotopic (exact) mass is 272 g/mol. The smallest absolute Gasteiger partial charge is 0.140 e. The fourth-order valence-corrected chi connectivity index (χ4v) is 2.80. The topological polar surface area (TPSA) is 25.8 Å². The molecule has 1 heterocycles. The Labute approximate surface area is 118 Å². The van der Waals surface area contributed by atoms with Crippen LogP contribution in [0, 0.1) is 6.92 Å². The van der Waals surface area contributed by atoms with Gasteiger partial charge in [0.05, 0.1) is 5.41 Å². The first kappa shape index (κ1) is 12.6. The van der Waals surface area contributed by atoms with Crippen molar-refractivity contribution < 1.29 is 0 Å². The predicted molar refractivity (Wildman–Crippen MR) is 77.6 cm³/mol. The minimum absolute atomic E-state index is 0.00250. The first-order chi connectivity index (χ1) is 9.17. The molecule has 98 valence electrons. The number of nitrogens with zero attached hydrogens (tertiary/aromatic N) is 2. The third-order valence-corrected chi connectivity index (χ3v) is 4.39. The Morgan fingerprint density at radius 3 is 2.42 bits per heavy atom. The molecule has 3 rings (SSSR count). The van der Waals surface area contributed by atoms with Crippen molar-refractivity contribution in [1.29, 1.82) is 0 Å². The molecule has 1 saturated carbocycles. The van der Waals surface area contributed by atoms with E-state index in [9.17, 15) is 0 Å². The van der Waals surface area contributed by atoms with Crippen molar-refractivity contribution >= 4 is 11.6 Å². The van der Waals surface area contributed by atoms with Gasteiger partial charge in [0.15, 0.2) is 0 Å². The summed E-state index contributed by atoms with van der Waals surface area (Å²) in [6.07, 6.45) is 3.12. The van der Waals surface area contributed by atoms with E-state index >= 15 is 0 Å². The van der Waals surface area contributed by atoms with E-state index in [2.05, 4.69) is 36.2 Å². The zero-order chi connectivity index (χ0) is 13.5. The van der Waals surface area contributed by atoms with Gasteiger partial charge in [-0.05, 0) is 31.7 Å². The first-order valence-corrected chi connectivity index (χ1v) is 7.14. The lowest BCUT2D eigenvalue weighted by Gasteiger charge is -2.16. The van der Waals surface area contributed by atoms with Gasteiger partial charge in [0.25, 0.3) is 0 Å². The van der Waals surface area contributed by atoms with Gasteiger partial charge >= 0.3 is 0 Å². The Balaban J connectivity index is 2.10. The van der Waals surface area contributed by atoms with Gasteiger partial charge in [-0.1, -0.05) is 48.9 Å². The quantitative estimate of drug-likeness (QED) is 0.787. The van der Waals surface area contributed by atoms with Crippen LogP contribution in [0.1, 0.15) is 42.4 Å². The van der Waals surface area contributed by atoms with Crippen molar-refractivity contribution in [2.75, 3.05) is 0 Å². The van der Waals surface area contributed by atoms with Crippen LogP contribution in [0.2, 0.25) is 5.15 Å². The standard InChI is InChI=1S/C16H17ClN2/c1-3-13-11(2)14(17)19-15(18-13)16(9-10-16)12-7-5-4-6-8-12/h4-8H,3,9-10H2,1-2H3. The Bertz CT molecular complexity index is 604. The molecule has 1 fully saturated rings. The van der Waals surface area contributed by atoms with E-state index in [0.29, 0.717) is 5.15 Å². The number of rotatable bonds is 3. The van der Waals surface area contributed by atoms with Crippen molar-refractivity contribution in [1.82, 2.24) is 9.97 Å². The molecule has 0 saturated heterocycles. The van der Waals surface area contributed by atoms with Crippen LogP contribution >= 0.6 is 11.6 Å². The number of benzene rings is 1. The summed E-state index contributed by atoms with van der Waals surface area (Å²) in [5.74, 6) is 0.895. The highest BCUT2D eigenvalue weighted by molar-refractivity contribution is 6.30. The summed E-state index contributed by atoms with van der Waals surface area (Å²) in [6, 6.07) is 10.5. The average Bonchev–Trinajstić information content (AvgIpc) is 3.24. The number of aryl methyl sites for hydroxylation is 1. The lowest BCUT2D eigenvalue weighted by Crippen LogP contribution is -2.15. The molecule has 0 bridgehead atoms. The highest BCUT2D eigenvalue weighted by Crippen LogP contribution is 2.52. The fourth-order valence-electron chi connectivity index (χ4n) is 2.61. The highest BCUT2D eigenvalue weighted by Gasteiger charge is 2.48. The molecule has 1 aromatic heterocycles. The van der Waals surface area contributed by atoms with E-state index in [4.69, 9.17) is 16.6 Å².